The number of carbonyl (C=O) groups is 1. The maximum Gasteiger partial charge on any atom is 0.213 e. The number of ketones is 1. The standard InChI is InChI=1S/C14H21N3O3/c1-3-17(4-2)8-5-9-20-14-7-6-12(10-15-14)13(18)11-16-19/h6-7,10-11,19H,3-5,8-9H2,1-2H3. The Labute approximate surface area is 119 Å². The van der Waals surface area contributed by atoms with Gasteiger partial charge in [0.1, 0.15) is 6.21 Å². The van der Waals surface area contributed by atoms with E-state index in [-0.39, 0.29) is 0 Å². The number of Topliss-reactive ketones (excluding diaryl/α,β-unsaturated/α-hetero) is 1. The highest BCUT2D eigenvalue weighted by Gasteiger charge is 2.04. The number of ether oxygens (including phenoxy) is 1. The van der Waals surface area contributed by atoms with Crippen LogP contribution in [-0.4, -0.2) is 53.3 Å². The lowest BCUT2D eigenvalue weighted by molar-refractivity contribution is 0.106. The molecule has 0 atom stereocenters. The van der Waals surface area contributed by atoms with Gasteiger partial charge in [0, 0.05) is 24.4 Å². The molecule has 0 unspecified atom stereocenters. The quantitative estimate of drug-likeness (QED) is 0.245. The van der Waals surface area contributed by atoms with Crippen LogP contribution in [0.25, 0.3) is 0 Å². The molecule has 6 heteroatoms. The van der Waals surface area contributed by atoms with E-state index in [4.69, 9.17) is 9.94 Å². The van der Waals surface area contributed by atoms with Crippen molar-refractivity contribution in [3.63, 3.8) is 0 Å². The smallest absolute Gasteiger partial charge is 0.213 e. The van der Waals surface area contributed by atoms with Crippen LogP contribution in [0.5, 0.6) is 5.88 Å². The predicted molar refractivity (Wildman–Crippen MR) is 76.7 cm³/mol. The van der Waals surface area contributed by atoms with Crippen LogP contribution in [0.3, 0.4) is 0 Å². The maximum absolute atomic E-state index is 11.4. The molecule has 1 rings (SSSR count). The zero-order valence-corrected chi connectivity index (χ0v) is 12.0. The third-order valence-corrected chi connectivity index (χ3v) is 2.96. The first-order chi connectivity index (χ1) is 9.71. The summed E-state index contributed by atoms with van der Waals surface area (Å²) in [5.41, 5.74) is 0.360. The zero-order valence-electron chi connectivity index (χ0n) is 12.0. The number of carbonyl (C=O) groups excluding carboxylic acids is 1. The van der Waals surface area contributed by atoms with E-state index in [2.05, 4.69) is 28.9 Å². The summed E-state index contributed by atoms with van der Waals surface area (Å²) < 4.78 is 5.51. The van der Waals surface area contributed by atoms with Crippen LogP contribution in [0.2, 0.25) is 0 Å². The molecule has 0 saturated heterocycles. The molecule has 1 N–H and O–H groups in total. The molecule has 1 aromatic rings. The van der Waals surface area contributed by atoms with Gasteiger partial charge < -0.3 is 14.8 Å². The summed E-state index contributed by atoms with van der Waals surface area (Å²) in [4.78, 5) is 17.7. The van der Waals surface area contributed by atoms with Gasteiger partial charge in [-0.1, -0.05) is 19.0 Å². The van der Waals surface area contributed by atoms with E-state index in [1.165, 1.54) is 6.20 Å². The lowest BCUT2D eigenvalue weighted by Crippen LogP contribution is -2.25. The Hall–Kier alpha value is -1.95. The second-order valence-electron chi connectivity index (χ2n) is 4.22. The van der Waals surface area contributed by atoms with Gasteiger partial charge in [-0.2, -0.15) is 0 Å². The Balaban J connectivity index is 2.37. The molecule has 0 bridgehead atoms. The lowest BCUT2D eigenvalue weighted by atomic mass is 10.2. The second kappa shape index (κ2) is 9.03. The van der Waals surface area contributed by atoms with Gasteiger partial charge in [0.15, 0.2) is 0 Å². The minimum absolute atomic E-state index is 0.360. The Bertz CT molecular complexity index is 428. The van der Waals surface area contributed by atoms with Gasteiger partial charge in [0.25, 0.3) is 0 Å². The molecule has 0 saturated carbocycles. The lowest BCUT2D eigenvalue weighted by Gasteiger charge is -2.17. The van der Waals surface area contributed by atoms with E-state index >= 15 is 0 Å². The molecule has 6 nitrogen and oxygen atoms in total. The molecule has 1 heterocycles. The monoisotopic (exact) mass is 279 g/mol. The fourth-order valence-electron chi connectivity index (χ4n) is 1.74. The molecular weight excluding hydrogens is 258 g/mol. The van der Waals surface area contributed by atoms with E-state index in [1.807, 2.05) is 0 Å². The van der Waals surface area contributed by atoms with E-state index in [0.29, 0.717) is 18.1 Å². The summed E-state index contributed by atoms with van der Waals surface area (Å²) in [7, 11) is 0. The largest absolute Gasteiger partial charge is 0.478 e. The molecule has 0 aliphatic carbocycles. The molecule has 0 aromatic carbocycles. The average Bonchev–Trinajstić information content (AvgIpc) is 2.48. The second-order valence-corrected chi connectivity index (χ2v) is 4.22. The van der Waals surface area contributed by atoms with Crippen molar-refractivity contribution in [2.75, 3.05) is 26.2 Å². The Morgan fingerprint density at radius 2 is 2.20 bits per heavy atom. The number of hydrogen-bond donors (Lipinski definition) is 1. The first kappa shape index (κ1) is 16.1. The minimum atomic E-state index is -0.395. The van der Waals surface area contributed by atoms with Crippen molar-refractivity contribution in [1.29, 1.82) is 0 Å². The first-order valence-corrected chi connectivity index (χ1v) is 6.74. The van der Waals surface area contributed by atoms with Gasteiger partial charge in [-0.15, -0.1) is 0 Å². The summed E-state index contributed by atoms with van der Waals surface area (Å²) in [5, 5.41) is 11.0. The van der Waals surface area contributed by atoms with Gasteiger partial charge in [0.05, 0.1) is 6.61 Å². The van der Waals surface area contributed by atoms with Crippen molar-refractivity contribution < 1.29 is 14.7 Å². The summed E-state index contributed by atoms with van der Waals surface area (Å²) in [6.07, 6.45) is 3.17. The zero-order chi connectivity index (χ0) is 14.8. The Kier molecular flexibility index (Phi) is 7.27. The third kappa shape index (κ3) is 5.36. The van der Waals surface area contributed by atoms with Crippen LogP contribution in [0.1, 0.15) is 30.6 Å². The van der Waals surface area contributed by atoms with Crippen molar-refractivity contribution in [3.05, 3.63) is 23.9 Å². The summed E-state index contributed by atoms with van der Waals surface area (Å²) in [5.74, 6) is 0.0927. The molecule has 0 fully saturated rings. The number of hydrogen-bond acceptors (Lipinski definition) is 6. The highest BCUT2D eigenvalue weighted by Crippen LogP contribution is 2.08. The van der Waals surface area contributed by atoms with E-state index in [1.54, 1.807) is 12.1 Å². The van der Waals surface area contributed by atoms with Gasteiger partial charge in [-0.05, 0) is 25.6 Å². The number of aromatic nitrogens is 1. The van der Waals surface area contributed by atoms with Crippen molar-refractivity contribution in [3.8, 4) is 5.88 Å². The maximum atomic E-state index is 11.4. The Morgan fingerprint density at radius 3 is 2.75 bits per heavy atom. The van der Waals surface area contributed by atoms with Gasteiger partial charge >= 0.3 is 0 Å². The van der Waals surface area contributed by atoms with Crippen LogP contribution in [0.4, 0.5) is 0 Å². The molecule has 0 aliphatic rings. The third-order valence-electron chi connectivity index (χ3n) is 2.96. The molecular formula is C14H21N3O3. The van der Waals surface area contributed by atoms with E-state index in [0.717, 1.165) is 32.3 Å². The number of oxime groups is 1. The Morgan fingerprint density at radius 1 is 1.45 bits per heavy atom. The predicted octanol–water partition coefficient (Wildman–Crippen LogP) is 1.83. The van der Waals surface area contributed by atoms with E-state index in [9.17, 15) is 4.79 Å². The first-order valence-electron chi connectivity index (χ1n) is 6.74. The van der Waals surface area contributed by atoms with Crippen LogP contribution >= 0.6 is 0 Å². The molecule has 0 radical (unpaired) electrons. The molecule has 20 heavy (non-hydrogen) atoms. The highest BCUT2D eigenvalue weighted by atomic mass is 16.5. The number of pyridine rings is 1. The SMILES string of the molecule is CCN(CC)CCCOc1ccc(C(=O)C=NO)cn1. The molecule has 110 valence electrons. The normalized spacial score (nSPS) is 11.2. The van der Waals surface area contributed by atoms with Crippen LogP contribution in [0, 0.1) is 0 Å². The van der Waals surface area contributed by atoms with Gasteiger partial charge in [0.2, 0.25) is 11.7 Å². The fraction of sp³-hybridized carbons (Fsp3) is 0.500. The topological polar surface area (TPSA) is 75.0 Å². The molecule has 1 aromatic heterocycles. The van der Waals surface area contributed by atoms with Crippen LogP contribution in [-0.2, 0) is 0 Å². The minimum Gasteiger partial charge on any atom is -0.478 e. The van der Waals surface area contributed by atoms with E-state index < -0.39 is 5.78 Å². The average molecular weight is 279 g/mol. The van der Waals surface area contributed by atoms with Crippen molar-refractivity contribution in [2.45, 2.75) is 20.3 Å². The summed E-state index contributed by atoms with van der Waals surface area (Å²) in [6.45, 7) is 7.94. The van der Waals surface area contributed by atoms with Crippen LogP contribution < -0.4 is 4.74 Å². The molecule has 0 amide bonds. The van der Waals surface area contributed by atoms with Crippen LogP contribution in [0.15, 0.2) is 23.5 Å². The van der Waals surface area contributed by atoms with Crippen molar-refractivity contribution in [2.24, 2.45) is 5.16 Å². The summed E-state index contributed by atoms with van der Waals surface area (Å²) in [6, 6.07) is 3.23. The van der Waals surface area contributed by atoms with Crippen molar-refractivity contribution in [1.82, 2.24) is 9.88 Å². The number of nitrogens with zero attached hydrogens (tertiary/aromatic N) is 3. The number of rotatable bonds is 9. The fourth-order valence-corrected chi connectivity index (χ4v) is 1.74. The van der Waals surface area contributed by atoms with Gasteiger partial charge in [-0.25, -0.2) is 4.98 Å². The van der Waals surface area contributed by atoms with Gasteiger partial charge in [-0.3, -0.25) is 4.79 Å². The van der Waals surface area contributed by atoms with Crippen molar-refractivity contribution >= 4 is 12.0 Å². The molecule has 0 spiro atoms. The molecule has 0 aliphatic heterocycles. The highest BCUT2D eigenvalue weighted by molar-refractivity contribution is 6.35. The summed E-state index contributed by atoms with van der Waals surface area (Å²) >= 11 is 0.